The summed E-state index contributed by atoms with van der Waals surface area (Å²) in [5, 5.41) is 10.1. The van der Waals surface area contributed by atoms with Crippen LogP contribution in [-0.4, -0.2) is 45.7 Å². The second kappa shape index (κ2) is 10.2. The van der Waals surface area contributed by atoms with Crippen molar-refractivity contribution < 1.29 is 14.7 Å². The number of pyridine rings is 2. The Bertz CT molecular complexity index is 1170. The predicted molar refractivity (Wildman–Crippen MR) is 132 cm³/mol. The van der Waals surface area contributed by atoms with Crippen LogP contribution in [0.2, 0.25) is 0 Å². The number of carbonyl (C=O) groups is 2. The number of carbonyl (C=O) groups excluding carboxylic acids is 1. The third-order valence-electron chi connectivity index (χ3n) is 6.11. The van der Waals surface area contributed by atoms with Gasteiger partial charge in [0.15, 0.2) is 5.13 Å². The molecule has 3 N–H and O–H groups in total. The smallest absolute Gasteiger partial charge is 0.326 e. The highest BCUT2D eigenvalue weighted by atomic mass is 32.1. The third kappa shape index (κ3) is 5.33. The van der Waals surface area contributed by atoms with E-state index in [0.717, 1.165) is 47.8 Å². The number of carboxylic acids is 1. The molecule has 10 heteroatoms. The molecular weight excluding hydrogens is 452 g/mol. The first-order valence-electron chi connectivity index (χ1n) is 11.2. The summed E-state index contributed by atoms with van der Waals surface area (Å²) in [4.78, 5) is 41.2. The first kappa shape index (κ1) is 23.6. The molecule has 3 aromatic heterocycles. The number of aryl methyl sites for hydroxylation is 1. The molecule has 0 bridgehead atoms. The normalized spacial score (nSPS) is 17.8. The Hall–Kier alpha value is -3.53. The molecule has 1 saturated carbocycles. The first-order chi connectivity index (χ1) is 16.3. The van der Waals surface area contributed by atoms with E-state index >= 15 is 0 Å². The van der Waals surface area contributed by atoms with E-state index in [1.54, 1.807) is 24.5 Å². The van der Waals surface area contributed by atoms with Gasteiger partial charge < -0.3 is 15.7 Å². The van der Waals surface area contributed by atoms with Crippen molar-refractivity contribution in [1.82, 2.24) is 15.0 Å². The van der Waals surface area contributed by atoms with Gasteiger partial charge in [-0.25, -0.2) is 24.6 Å². The van der Waals surface area contributed by atoms with E-state index in [1.165, 1.54) is 16.2 Å². The summed E-state index contributed by atoms with van der Waals surface area (Å²) < 4.78 is 0. The third-order valence-corrected chi connectivity index (χ3v) is 7.25. The van der Waals surface area contributed by atoms with Gasteiger partial charge in [0, 0.05) is 26.0 Å². The second-order valence-corrected chi connectivity index (χ2v) is 9.70. The van der Waals surface area contributed by atoms with Gasteiger partial charge in [0.25, 0.3) is 0 Å². The van der Waals surface area contributed by atoms with Crippen molar-refractivity contribution in [2.45, 2.75) is 32.6 Å². The molecule has 9 nitrogen and oxygen atoms in total. The number of amides is 2. The molecule has 0 aromatic carbocycles. The van der Waals surface area contributed by atoms with Crippen LogP contribution in [0.15, 0.2) is 42.7 Å². The average Bonchev–Trinajstić information content (AvgIpc) is 3.30. The van der Waals surface area contributed by atoms with E-state index in [1.807, 2.05) is 32.2 Å². The number of nitrogens with two attached hydrogens (primary N) is 1. The lowest BCUT2D eigenvalue weighted by Crippen LogP contribution is -2.32. The predicted octanol–water partition coefficient (Wildman–Crippen LogP) is 4.45. The highest BCUT2D eigenvalue weighted by molar-refractivity contribution is 7.18. The average molecular weight is 481 g/mol. The number of urea groups is 1. The molecule has 34 heavy (non-hydrogen) atoms. The van der Waals surface area contributed by atoms with Gasteiger partial charge in [-0.1, -0.05) is 17.4 Å². The Labute approximate surface area is 202 Å². The topological polar surface area (TPSA) is 126 Å². The summed E-state index contributed by atoms with van der Waals surface area (Å²) in [6.07, 6.45) is 6.71. The minimum atomic E-state index is -0.681. The number of thiazole rings is 1. The van der Waals surface area contributed by atoms with Crippen LogP contribution >= 0.6 is 11.3 Å². The van der Waals surface area contributed by atoms with Gasteiger partial charge in [0.2, 0.25) is 0 Å². The van der Waals surface area contributed by atoms with Gasteiger partial charge in [-0.2, -0.15) is 0 Å². The summed E-state index contributed by atoms with van der Waals surface area (Å²) in [6, 6.07) is 8.39. The van der Waals surface area contributed by atoms with E-state index in [2.05, 4.69) is 19.9 Å². The minimum absolute atomic E-state index is 0.207. The van der Waals surface area contributed by atoms with Crippen molar-refractivity contribution in [3.05, 3.63) is 48.3 Å². The summed E-state index contributed by atoms with van der Waals surface area (Å²) in [5.74, 6) is 0.377. The summed E-state index contributed by atoms with van der Waals surface area (Å²) in [7, 11) is 2.01. The van der Waals surface area contributed by atoms with Crippen LogP contribution in [0, 0.1) is 18.8 Å². The number of aromatic nitrogens is 3. The summed E-state index contributed by atoms with van der Waals surface area (Å²) in [6.45, 7) is 2.75. The number of anilines is 3. The highest BCUT2D eigenvalue weighted by Gasteiger charge is 2.27. The lowest BCUT2D eigenvalue weighted by molar-refractivity contribution is -0.143. The number of nitrogens with zero attached hydrogens (tertiary/aromatic N) is 5. The number of hydrogen-bond acceptors (Lipinski definition) is 7. The fourth-order valence-corrected chi connectivity index (χ4v) is 5.14. The lowest BCUT2D eigenvalue weighted by atomic mass is 9.82. The van der Waals surface area contributed by atoms with Gasteiger partial charge in [0.1, 0.15) is 11.6 Å². The number of aliphatic carboxylic acids is 1. The Kier molecular flexibility index (Phi) is 7.06. The highest BCUT2D eigenvalue weighted by Crippen LogP contribution is 2.34. The summed E-state index contributed by atoms with van der Waals surface area (Å²) in [5.41, 5.74) is 7.30. The van der Waals surface area contributed by atoms with Gasteiger partial charge in [-0.3, -0.25) is 4.79 Å². The van der Waals surface area contributed by atoms with Crippen LogP contribution in [-0.2, 0) is 4.79 Å². The molecule has 0 saturated heterocycles. The van der Waals surface area contributed by atoms with Crippen LogP contribution in [0.1, 0.15) is 31.2 Å². The van der Waals surface area contributed by atoms with Crippen molar-refractivity contribution in [2.24, 2.45) is 17.6 Å². The molecule has 0 atom stereocenters. The maximum atomic E-state index is 12.2. The van der Waals surface area contributed by atoms with Crippen LogP contribution in [0.5, 0.6) is 0 Å². The zero-order chi connectivity index (χ0) is 24.2. The molecule has 2 amide bonds. The van der Waals surface area contributed by atoms with Gasteiger partial charge in [0.05, 0.1) is 16.5 Å². The molecule has 0 unspecified atom stereocenters. The van der Waals surface area contributed by atoms with E-state index in [-0.39, 0.29) is 5.92 Å². The largest absolute Gasteiger partial charge is 0.481 e. The Balaban J connectivity index is 1.49. The number of rotatable bonds is 7. The summed E-state index contributed by atoms with van der Waals surface area (Å²) >= 11 is 1.52. The Morgan fingerprint density at radius 2 is 1.91 bits per heavy atom. The van der Waals surface area contributed by atoms with Gasteiger partial charge in [-0.05, 0) is 68.4 Å². The van der Waals surface area contributed by atoms with E-state index < -0.39 is 12.0 Å². The molecule has 0 aliphatic heterocycles. The molecule has 1 fully saturated rings. The first-order valence-corrected chi connectivity index (χ1v) is 12.0. The monoisotopic (exact) mass is 480 g/mol. The molecular formula is C24H28N6O3S. The van der Waals surface area contributed by atoms with Gasteiger partial charge >= 0.3 is 12.0 Å². The molecule has 0 spiro atoms. The zero-order valence-electron chi connectivity index (χ0n) is 19.2. The number of hydrogen-bond donors (Lipinski definition) is 2. The molecule has 3 aromatic rings. The van der Waals surface area contributed by atoms with E-state index in [9.17, 15) is 14.7 Å². The number of primary amides is 1. The molecule has 1 aliphatic carbocycles. The van der Waals surface area contributed by atoms with Crippen molar-refractivity contribution >= 4 is 40.1 Å². The maximum absolute atomic E-state index is 12.2. The fourth-order valence-electron chi connectivity index (χ4n) is 4.29. The van der Waals surface area contributed by atoms with Crippen molar-refractivity contribution in [3.63, 3.8) is 0 Å². The quantitative estimate of drug-likeness (QED) is 0.511. The molecule has 178 valence electrons. The van der Waals surface area contributed by atoms with Gasteiger partial charge in [-0.15, -0.1) is 0 Å². The van der Waals surface area contributed by atoms with Crippen LogP contribution in [0.3, 0.4) is 0 Å². The Morgan fingerprint density at radius 3 is 2.59 bits per heavy atom. The number of carboxylic acid groups (broad SMARTS) is 1. The molecule has 0 radical (unpaired) electrons. The van der Waals surface area contributed by atoms with E-state index in [4.69, 9.17) is 5.73 Å². The van der Waals surface area contributed by atoms with Crippen LogP contribution < -0.4 is 15.5 Å². The van der Waals surface area contributed by atoms with E-state index in [0.29, 0.717) is 23.2 Å². The zero-order valence-corrected chi connectivity index (χ0v) is 20.0. The fraction of sp³-hybridized carbons (Fsp3) is 0.375. The standard InChI is InChI=1S/C24H28N6O3S/c1-15-10-11-26-21(12-15)30(23(25)33)20-5-3-4-18(28-20)19-13-27-24(34-19)29(2)14-16-6-8-17(9-7-16)22(31)32/h3-5,10-13,16-17H,6-9,14H2,1-2H3,(H2,25,33)(H,31,32)/t16-,17-. The van der Waals surface area contributed by atoms with Crippen molar-refractivity contribution in [3.8, 4) is 10.6 Å². The lowest BCUT2D eigenvalue weighted by Gasteiger charge is -2.29. The second-order valence-electron chi connectivity index (χ2n) is 8.69. The van der Waals surface area contributed by atoms with Crippen molar-refractivity contribution in [2.75, 3.05) is 23.4 Å². The Morgan fingerprint density at radius 1 is 1.15 bits per heavy atom. The molecule has 3 heterocycles. The molecule has 1 aliphatic rings. The van der Waals surface area contributed by atoms with Crippen LogP contribution in [0.25, 0.3) is 10.6 Å². The van der Waals surface area contributed by atoms with Crippen LogP contribution in [0.4, 0.5) is 21.6 Å². The SMILES string of the molecule is Cc1ccnc(N(C(N)=O)c2cccc(-c3cnc(N(C)C[C@H]4CC[C@H](C(=O)O)CC4)s3)n2)c1. The molecule has 4 rings (SSSR count). The van der Waals surface area contributed by atoms with Crippen molar-refractivity contribution in [1.29, 1.82) is 0 Å². The maximum Gasteiger partial charge on any atom is 0.326 e. The minimum Gasteiger partial charge on any atom is -0.481 e.